The molecule has 0 spiro atoms. The number of carbonyl (C=O) groups is 2. The van der Waals surface area contributed by atoms with Crippen molar-refractivity contribution in [3.63, 3.8) is 0 Å². The predicted octanol–water partition coefficient (Wildman–Crippen LogP) is 5.19. The van der Waals surface area contributed by atoms with Crippen molar-refractivity contribution < 1.29 is 14.3 Å². The van der Waals surface area contributed by atoms with E-state index >= 15 is 0 Å². The maximum absolute atomic E-state index is 13.5. The van der Waals surface area contributed by atoms with Gasteiger partial charge in [-0.3, -0.25) is 9.59 Å². The van der Waals surface area contributed by atoms with Gasteiger partial charge >= 0.3 is 5.97 Å². The van der Waals surface area contributed by atoms with Gasteiger partial charge in [0, 0.05) is 11.5 Å². The number of hydrogen-bond acceptors (Lipinski definition) is 3. The highest BCUT2D eigenvalue weighted by Crippen LogP contribution is 2.35. The van der Waals surface area contributed by atoms with Crippen molar-refractivity contribution in [2.75, 3.05) is 6.61 Å². The smallest absolute Gasteiger partial charge is 0.317 e. The molecule has 1 unspecified atom stereocenters. The third kappa shape index (κ3) is 4.37. The van der Waals surface area contributed by atoms with E-state index < -0.39 is 17.8 Å². The van der Waals surface area contributed by atoms with Crippen LogP contribution in [0.5, 0.6) is 0 Å². The molecule has 0 saturated heterocycles. The summed E-state index contributed by atoms with van der Waals surface area (Å²) in [7, 11) is 0. The fourth-order valence-electron chi connectivity index (χ4n) is 3.42. The summed E-state index contributed by atoms with van der Waals surface area (Å²) < 4.78 is 5.33. The highest BCUT2D eigenvalue weighted by Gasteiger charge is 2.38. The van der Waals surface area contributed by atoms with Gasteiger partial charge in [0.15, 0.2) is 5.78 Å². The second-order valence-corrected chi connectivity index (χ2v) is 6.76. The summed E-state index contributed by atoms with van der Waals surface area (Å²) in [4.78, 5) is 26.4. The molecule has 0 radical (unpaired) electrons. The van der Waals surface area contributed by atoms with Gasteiger partial charge in [0.05, 0.1) is 6.61 Å². The summed E-state index contributed by atoms with van der Waals surface area (Å²) in [6, 6.07) is 26.6. The lowest BCUT2D eigenvalue weighted by atomic mass is 9.77. The Labute approximate surface area is 166 Å². The Morgan fingerprint density at radius 1 is 0.786 bits per heavy atom. The van der Waals surface area contributed by atoms with Crippen molar-refractivity contribution in [3.8, 4) is 0 Å². The minimum Gasteiger partial charge on any atom is -0.465 e. The van der Waals surface area contributed by atoms with Gasteiger partial charge in [-0.1, -0.05) is 90.5 Å². The minimum atomic E-state index is -0.951. The van der Waals surface area contributed by atoms with Gasteiger partial charge in [-0.2, -0.15) is 0 Å². The van der Waals surface area contributed by atoms with E-state index in [-0.39, 0.29) is 12.4 Å². The average Bonchev–Trinajstić information content (AvgIpc) is 2.73. The molecular weight excluding hydrogens is 348 g/mol. The van der Waals surface area contributed by atoms with E-state index in [9.17, 15) is 9.59 Å². The van der Waals surface area contributed by atoms with Crippen molar-refractivity contribution in [2.45, 2.75) is 19.8 Å². The molecule has 0 fully saturated rings. The van der Waals surface area contributed by atoms with E-state index in [1.807, 2.05) is 79.7 Å². The molecule has 0 aromatic heterocycles. The summed E-state index contributed by atoms with van der Waals surface area (Å²) in [5.41, 5.74) is 3.40. The maximum atomic E-state index is 13.5. The highest BCUT2D eigenvalue weighted by atomic mass is 16.5. The summed E-state index contributed by atoms with van der Waals surface area (Å²) in [6.45, 7) is 3.95. The zero-order valence-corrected chi connectivity index (χ0v) is 16.2. The zero-order chi connectivity index (χ0) is 19.9. The first-order valence-electron chi connectivity index (χ1n) is 9.49. The second-order valence-electron chi connectivity index (χ2n) is 6.76. The molecule has 0 aliphatic heterocycles. The largest absolute Gasteiger partial charge is 0.465 e. The monoisotopic (exact) mass is 372 g/mol. The van der Waals surface area contributed by atoms with E-state index in [4.69, 9.17) is 4.74 Å². The van der Waals surface area contributed by atoms with Crippen LogP contribution >= 0.6 is 0 Å². The van der Waals surface area contributed by atoms with E-state index in [1.54, 1.807) is 19.1 Å². The molecule has 28 heavy (non-hydrogen) atoms. The fraction of sp³-hybridized carbons (Fsp3) is 0.200. The summed E-state index contributed by atoms with van der Waals surface area (Å²) in [5.74, 6) is -2.09. The van der Waals surface area contributed by atoms with Crippen LogP contribution in [0.15, 0.2) is 84.9 Å². The average molecular weight is 372 g/mol. The lowest BCUT2D eigenvalue weighted by molar-refractivity contribution is -0.146. The number of ketones is 1. The van der Waals surface area contributed by atoms with Gasteiger partial charge in [-0.25, -0.2) is 0 Å². The van der Waals surface area contributed by atoms with Gasteiger partial charge in [-0.05, 0) is 25.0 Å². The minimum absolute atomic E-state index is 0.226. The number of benzene rings is 3. The Balaban J connectivity index is 2.13. The Morgan fingerprint density at radius 3 is 1.75 bits per heavy atom. The molecule has 3 nitrogen and oxygen atoms in total. The van der Waals surface area contributed by atoms with E-state index in [1.165, 1.54) is 0 Å². The highest BCUT2D eigenvalue weighted by molar-refractivity contribution is 6.09. The van der Waals surface area contributed by atoms with Gasteiger partial charge in [-0.15, -0.1) is 0 Å². The maximum Gasteiger partial charge on any atom is 0.317 e. The Bertz CT molecular complexity index is 876. The van der Waals surface area contributed by atoms with Crippen LogP contribution in [0, 0.1) is 12.8 Å². The summed E-state index contributed by atoms with van der Waals surface area (Å²) in [6.07, 6.45) is 0. The van der Waals surface area contributed by atoms with Crippen LogP contribution in [0.25, 0.3) is 0 Å². The first-order valence-corrected chi connectivity index (χ1v) is 9.49. The van der Waals surface area contributed by atoms with Crippen LogP contribution in [0.1, 0.15) is 39.9 Å². The first-order chi connectivity index (χ1) is 13.6. The molecule has 0 amide bonds. The van der Waals surface area contributed by atoms with E-state index in [0.29, 0.717) is 5.56 Å². The molecule has 1 atom stereocenters. The van der Waals surface area contributed by atoms with Crippen LogP contribution in [-0.4, -0.2) is 18.4 Å². The summed E-state index contributed by atoms with van der Waals surface area (Å²) in [5, 5.41) is 0. The van der Waals surface area contributed by atoms with Gasteiger partial charge in [0.1, 0.15) is 5.92 Å². The molecule has 0 aliphatic rings. The Kier molecular flexibility index (Phi) is 6.38. The number of Topliss-reactive ketones (excluding diaryl/α,β-unsaturated/α-hetero) is 1. The SMILES string of the molecule is CCOC(=O)C(C(=O)c1ccc(C)cc1)C(c1ccccc1)c1ccccc1. The summed E-state index contributed by atoms with van der Waals surface area (Å²) >= 11 is 0. The molecule has 0 aliphatic carbocycles. The number of rotatable bonds is 7. The molecule has 3 aromatic carbocycles. The van der Waals surface area contributed by atoms with Crippen molar-refractivity contribution in [2.24, 2.45) is 5.92 Å². The Hall–Kier alpha value is -3.20. The quantitative estimate of drug-likeness (QED) is 0.326. The topological polar surface area (TPSA) is 43.4 Å². The lowest BCUT2D eigenvalue weighted by Gasteiger charge is -2.26. The number of ether oxygens (including phenoxy) is 1. The van der Waals surface area contributed by atoms with Crippen molar-refractivity contribution in [1.29, 1.82) is 0 Å². The Morgan fingerprint density at radius 2 is 1.29 bits per heavy atom. The standard InChI is InChI=1S/C25H24O3/c1-3-28-25(27)23(24(26)21-16-14-18(2)15-17-21)22(19-10-6-4-7-11-19)20-12-8-5-9-13-20/h4-17,22-23H,3H2,1-2H3. The molecule has 0 saturated carbocycles. The van der Waals surface area contributed by atoms with Crippen LogP contribution in [0.3, 0.4) is 0 Å². The van der Waals surface area contributed by atoms with Crippen molar-refractivity contribution >= 4 is 11.8 Å². The predicted molar refractivity (Wildman–Crippen MR) is 110 cm³/mol. The molecule has 3 rings (SSSR count). The third-order valence-corrected chi connectivity index (χ3v) is 4.81. The van der Waals surface area contributed by atoms with Gasteiger partial charge in [0.2, 0.25) is 0 Å². The number of aryl methyl sites for hydroxylation is 1. The van der Waals surface area contributed by atoms with Crippen LogP contribution in [-0.2, 0) is 9.53 Å². The van der Waals surface area contributed by atoms with E-state index in [2.05, 4.69) is 0 Å². The van der Waals surface area contributed by atoms with Crippen LogP contribution < -0.4 is 0 Å². The van der Waals surface area contributed by atoms with Crippen LogP contribution in [0.2, 0.25) is 0 Å². The third-order valence-electron chi connectivity index (χ3n) is 4.81. The molecule has 142 valence electrons. The van der Waals surface area contributed by atoms with E-state index in [0.717, 1.165) is 16.7 Å². The number of hydrogen-bond donors (Lipinski definition) is 0. The first kappa shape index (κ1) is 19.6. The molecule has 0 bridgehead atoms. The molecule has 3 heteroatoms. The molecule has 0 N–H and O–H groups in total. The normalized spacial score (nSPS) is 11.8. The van der Waals surface area contributed by atoms with Crippen molar-refractivity contribution in [1.82, 2.24) is 0 Å². The van der Waals surface area contributed by atoms with Crippen LogP contribution in [0.4, 0.5) is 0 Å². The number of esters is 1. The lowest BCUT2D eigenvalue weighted by Crippen LogP contribution is -2.32. The van der Waals surface area contributed by atoms with Gasteiger partial charge < -0.3 is 4.74 Å². The fourth-order valence-corrected chi connectivity index (χ4v) is 3.42. The molecule has 3 aromatic rings. The van der Waals surface area contributed by atoms with Gasteiger partial charge in [0.25, 0.3) is 0 Å². The van der Waals surface area contributed by atoms with Crippen molar-refractivity contribution in [3.05, 3.63) is 107 Å². The number of carbonyl (C=O) groups excluding carboxylic acids is 2. The zero-order valence-electron chi connectivity index (χ0n) is 16.2. The molecule has 0 heterocycles. The molecular formula is C25H24O3. The second kappa shape index (κ2) is 9.14.